The van der Waals surface area contributed by atoms with Gasteiger partial charge in [-0.3, -0.25) is 4.79 Å². The van der Waals surface area contributed by atoms with Crippen molar-refractivity contribution in [3.8, 4) is 5.75 Å². The molecule has 0 radical (unpaired) electrons. The van der Waals surface area contributed by atoms with Gasteiger partial charge in [-0.25, -0.2) is 0 Å². The van der Waals surface area contributed by atoms with E-state index in [1.165, 1.54) is 17.4 Å². The number of fused-ring (bicyclic) bond motifs is 2. The Morgan fingerprint density at radius 2 is 1.97 bits per heavy atom. The third-order valence-corrected chi connectivity index (χ3v) is 6.68. The van der Waals surface area contributed by atoms with Crippen LogP contribution in [0.1, 0.15) is 41.6 Å². The van der Waals surface area contributed by atoms with Gasteiger partial charge in [-0.05, 0) is 68.0 Å². The largest absolute Gasteiger partial charge is 0.496 e. The van der Waals surface area contributed by atoms with Crippen molar-refractivity contribution in [3.05, 3.63) is 59.9 Å². The summed E-state index contributed by atoms with van der Waals surface area (Å²) in [6.45, 7) is 2.86. The molecule has 6 nitrogen and oxygen atoms in total. The number of aryl methyl sites for hydroxylation is 2. The Bertz CT molecular complexity index is 1260. The molecule has 0 spiro atoms. The van der Waals surface area contributed by atoms with Crippen molar-refractivity contribution in [1.82, 2.24) is 9.55 Å². The molecule has 5 rings (SSSR count). The SMILES string of the molecule is COc1cccc2[nH]cc(CCCn3ccc4c(N5CCCCC5)c(C(N)=O)ccc43)c12. The zero-order valence-electron chi connectivity index (χ0n) is 18.6. The average Bonchev–Trinajstić information content (AvgIpc) is 3.43. The molecular formula is C26H30N4O2. The number of piperidine rings is 1. The number of amides is 1. The van der Waals surface area contributed by atoms with Crippen LogP contribution in [0.4, 0.5) is 5.69 Å². The van der Waals surface area contributed by atoms with Gasteiger partial charge in [-0.1, -0.05) is 6.07 Å². The number of hydrogen-bond donors (Lipinski definition) is 2. The molecule has 3 heterocycles. The van der Waals surface area contributed by atoms with Gasteiger partial charge in [0, 0.05) is 48.3 Å². The Kier molecular flexibility index (Phi) is 5.52. The summed E-state index contributed by atoms with van der Waals surface area (Å²) in [6.07, 6.45) is 9.75. The smallest absolute Gasteiger partial charge is 0.250 e. The fraction of sp³-hybridized carbons (Fsp3) is 0.346. The van der Waals surface area contributed by atoms with Crippen molar-refractivity contribution in [1.29, 1.82) is 0 Å². The Hall–Kier alpha value is -3.41. The lowest BCUT2D eigenvalue weighted by molar-refractivity contribution is 0.100. The van der Waals surface area contributed by atoms with Crippen molar-refractivity contribution in [2.24, 2.45) is 5.73 Å². The van der Waals surface area contributed by atoms with Crippen LogP contribution in [0.5, 0.6) is 5.75 Å². The van der Waals surface area contributed by atoms with E-state index >= 15 is 0 Å². The molecule has 3 N–H and O–H groups in total. The van der Waals surface area contributed by atoms with E-state index in [-0.39, 0.29) is 5.91 Å². The highest BCUT2D eigenvalue weighted by molar-refractivity contribution is 6.07. The minimum Gasteiger partial charge on any atom is -0.496 e. The highest BCUT2D eigenvalue weighted by Gasteiger charge is 2.21. The number of nitrogens with one attached hydrogen (secondary N) is 1. The van der Waals surface area contributed by atoms with Gasteiger partial charge >= 0.3 is 0 Å². The quantitative estimate of drug-likeness (QED) is 0.440. The predicted octanol–water partition coefficient (Wildman–Crippen LogP) is 4.85. The molecule has 0 atom stereocenters. The minimum absolute atomic E-state index is 0.353. The van der Waals surface area contributed by atoms with Crippen LogP contribution in [-0.4, -0.2) is 35.7 Å². The number of aromatic amines is 1. The molecule has 2 aromatic carbocycles. The van der Waals surface area contributed by atoms with Crippen LogP contribution in [0.2, 0.25) is 0 Å². The number of methoxy groups -OCH3 is 1. The van der Waals surface area contributed by atoms with E-state index in [2.05, 4.69) is 39.0 Å². The number of anilines is 1. The Labute approximate surface area is 187 Å². The van der Waals surface area contributed by atoms with Gasteiger partial charge < -0.3 is 24.9 Å². The maximum absolute atomic E-state index is 12.2. The van der Waals surface area contributed by atoms with E-state index in [0.717, 1.165) is 73.2 Å². The standard InChI is InChI=1S/C26H30N4O2/c1-32-23-9-5-8-21-24(23)18(17-28-21)7-6-15-29-16-12-19-22(29)11-10-20(26(27)31)25(19)30-13-3-2-4-14-30/h5,8-12,16-17,28H,2-4,6-7,13-15H2,1H3,(H2,27,31). The molecule has 2 aromatic heterocycles. The molecule has 0 bridgehead atoms. The second kappa shape index (κ2) is 8.61. The van der Waals surface area contributed by atoms with Crippen LogP contribution >= 0.6 is 0 Å². The molecule has 1 aliphatic rings. The third-order valence-electron chi connectivity index (χ3n) is 6.68. The monoisotopic (exact) mass is 430 g/mol. The summed E-state index contributed by atoms with van der Waals surface area (Å²) < 4.78 is 7.86. The zero-order valence-corrected chi connectivity index (χ0v) is 18.6. The summed E-state index contributed by atoms with van der Waals surface area (Å²) >= 11 is 0. The predicted molar refractivity (Wildman–Crippen MR) is 130 cm³/mol. The van der Waals surface area contributed by atoms with Crippen molar-refractivity contribution >= 4 is 33.4 Å². The molecule has 1 aliphatic heterocycles. The molecular weight excluding hydrogens is 400 g/mol. The summed E-state index contributed by atoms with van der Waals surface area (Å²) in [5, 5.41) is 2.29. The lowest BCUT2D eigenvalue weighted by atomic mass is 10.0. The second-order valence-electron chi connectivity index (χ2n) is 8.62. The van der Waals surface area contributed by atoms with Crippen molar-refractivity contribution < 1.29 is 9.53 Å². The molecule has 32 heavy (non-hydrogen) atoms. The zero-order chi connectivity index (χ0) is 22.1. The van der Waals surface area contributed by atoms with Crippen molar-refractivity contribution in [3.63, 3.8) is 0 Å². The van der Waals surface area contributed by atoms with E-state index < -0.39 is 0 Å². The van der Waals surface area contributed by atoms with E-state index in [9.17, 15) is 4.79 Å². The van der Waals surface area contributed by atoms with Gasteiger partial charge in [0.25, 0.3) is 5.91 Å². The van der Waals surface area contributed by atoms with Crippen LogP contribution in [0.15, 0.2) is 48.8 Å². The first-order chi connectivity index (χ1) is 15.7. The first-order valence-corrected chi connectivity index (χ1v) is 11.5. The Balaban J connectivity index is 1.40. The highest BCUT2D eigenvalue weighted by Crippen LogP contribution is 2.34. The average molecular weight is 431 g/mol. The lowest BCUT2D eigenvalue weighted by Crippen LogP contribution is -2.31. The molecule has 1 saturated heterocycles. The number of nitrogens with two attached hydrogens (primary N) is 1. The summed E-state index contributed by atoms with van der Waals surface area (Å²) in [5.74, 6) is 0.559. The number of hydrogen-bond acceptors (Lipinski definition) is 3. The molecule has 6 heteroatoms. The molecule has 0 unspecified atom stereocenters. The van der Waals surface area contributed by atoms with Gasteiger partial charge in [0.2, 0.25) is 0 Å². The van der Waals surface area contributed by atoms with E-state index in [4.69, 9.17) is 10.5 Å². The van der Waals surface area contributed by atoms with Crippen LogP contribution in [-0.2, 0) is 13.0 Å². The molecule has 0 aliphatic carbocycles. The van der Waals surface area contributed by atoms with E-state index in [0.29, 0.717) is 5.56 Å². The first-order valence-electron chi connectivity index (χ1n) is 11.5. The fourth-order valence-electron chi connectivity index (χ4n) is 5.14. The fourth-order valence-corrected chi connectivity index (χ4v) is 5.14. The van der Waals surface area contributed by atoms with E-state index in [1.807, 2.05) is 24.3 Å². The van der Waals surface area contributed by atoms with Gasteiger partial charge in [-0.2, -0.15) is 0 Å². The number of H-pyrrole nitrogens is 1. The third kappa shape index (κ3) is 3.60. The number of primary amides is 1. The number of ether oxygens (including phenoxy) is 1. The van der Waals surface area contributed by atoms with Gasteiger partial charge in [0.1, 0.15) is 5.75 Å². The van der Waals surface area contributed by atoms with Crippen LogP contribution in [0.25, 0.3) is 21.8 Å². The van der Waals surface area contributed by atoms with Crippen LogP contribution in [0, 0.1) is 0 Å². The Morgan fingerprint density at radius 1 is 1.12 bits per heavy atom. The number of rotatable bonds is 7. The first kappa shape index (κ1) is 20.5. The molecule has 4 aromatic rings. The molecule has 1 amide bonds. The number of aromatic nitrogens is 2. The van der Waals surface area contributed by atoms with Crippen LogP contribution < -0.4 is 15.4 Å². The van der Waals surface area contributed by atoms with E-state index in [1.54, 1.807) is 7.11 Å². The number of carbonyl (C=O) groups excluding carboxylic acids is 1. The highest BCUT2D eigenvalue weighted by atomic mass is 16.5. The van der Waals surface area contributed by atoms with Gasteiger partial charge in [0.05, 0.1) is 23.9 Å². The lowest BCUT2D eigenvalue weighted by Gasteiger charge is -2.30. The topological polar surface area (TPSA) is 76.3 Å². The maximum Gasteiger partial charge on any atom is 0.250 e. The summed E-state index contributed by atoms with van der Waals surface area (Å²) in [5.41, 5.74) is 10.9. The van der Waals surface area contributed by atoms with Crippen LogP contribution in [0.3, 0.4) is 0 Å². The number of carbonyl (C=O) groups is 1. The molecule has 1 fully saturated rings. The van der Waals surface area contributed by atoms with Gasteiger partial charge in [-0.15, -0.1) is 0 Å². The summed E-state index contributed by atoms with van der Waals surface area (Å²) in [7, 11) is 1.72. The normalized spacial score (nSPS) is 14.3. The molecule has 166 valence electrons. The summed E-state index contributed by atoms with van der Waals surface area (Å²) in [4.78, 5) is 17.9. The Morgan fingerprint density at radius 3 is 2.75 bits per heavy atom. The molecule has 0 saturated carbocycles. The van der Waals surface area contributed by atoms with Crippen molar-refractivity contribution in [2.45, 2.75) is 38.6 Å². The number of benzene rings is 2. The minimum atomic E-state index is -0.353. The van der Waals surface area contributed by atoms with Crippen molar-refractivity contribution in [2.75, 3.05) is 25.1 Å². The van der Waals surface area contributed by atoms with Gasteiger partial charge in [0.15, 0.2) is 0 Å². The second-order valence-corrected chi connectivity index (χ2v) is 8.62. The number of nitrogens with zero attached hydrogens (tertiary/aromatic N) is 2. The maximum atomic E-state index is 12.2. The summed E-state index contributed by atoms with van der Waals surface area (Å²) in [6, 6.07) is 12.2.